The topological polar surface area (TPSA) is 70.6 Å². The molecular formula is C23H16ClN3O2. The van der Waals surface area contributed by atoms with Crippen molar-refractivity contribution in [3.05, 3.63) is 89.4 Å². The average molecular weight is 402 g/mol. The lowest BCUT2D eigenvalue weighted by Crippen LogP contribution is -2.32. The molecule has 29 heavy (non-hydrogen) atoms. The third-order valence-electron chi connectivity index (χ3n) is 4.50. The Kier molecular flexibility index (Phi) is 5.22. The van der Waals surface area contributed by atoms with Gasteiger partial charge in [0.25, 0.3) is 0 Å². The van der Waals surface area contributed by atoms with Crippen LogP contribution in [-0.4, -0.2) is 18.0 Å². The van der Waals surface area contributed by atoms with Gasteiger partial charge in [-0.3, -0.25) is 9.59 Å². The normalized spacial score (nSPS) is 11.1. The Labute approximate surface area is 172 Å². The number of nitrogens with one attached hydrogen (secondary N) is 2. The van der Waals surface area contributed by atoms with E-state index >= 15 is 0 Å². The molecule has 2 amide bonds. The van der Waals surface area contributed by atoms with E-state index in [1.165, 1.54) is 0 Å². The van der Waals surface area contributed by atoms with Gasteiger partial charge in [0.1, 0.15) is 0 Å². The molecule has 5 nitrogen and oxygen atoms in total. The highest BCUT2D eigenvalue weighted by atomic mass is 35.5. The number of halogens is 1. The minimum atomic E-state index is -0.884. The fraction of sp³-hybridized carbons (Fsp3) is 0. The summed E-state index contributed by atoms with van der Waals surface area (Å²) in [4.78, 5) is 24.2. The second-order valence-electron chi connectivity index (χ2n) is 6.37. The Morgan fingerprint density at radius 2 is 1.38 bits per heavy atom. The number of carbonyl (C=O) groups is 2. The zero-order valence-electron chi connectivity index (χ0n) is 15.2. The minimum Gasteiger partial charge on any atom is -0.316 e. The first-order chi connectivity index (χ1) is 14.1. The quantitative estimate of drug-likeness (QED) is 0.225. The molecule has 0 aliphatic carbocycles. The number of anilines is 1. The molecule has 0 fully saturated rings. The highest BCUT2D eigenvalue weighted by Gasteiger charge is 2.14. The van der Waals surface area contributed by atoms with Crippen LogP contribution in [0.3, 0.4) is 0 Å². The maximum atomic E-state index is 12.1. The molecular weight excluding hydrogens is 386 g/mol. The molecule has 4 rings (SSSR count). The van der Waals surface area contributed by atoms with E-state index in [2.05, 4.69) is 21.9 Å². The van der Waals surface area contributed by atoms with Gasteiger partial charge in [-0.15, -0.1) is 0 Å². The number of fused-ring (bicyclic) bond motifs is 2. The molecule has 0 spiro atoms. The molecule has 6 heteroatoms. The number of hydrazone groups is 1. The zero-order chi connectivity index (χ0) is 20.2. The molecule has 0 aliphatic heterocycles. The van der Waals surface area contributed by atoms with E-state index < -0.39 is 11.8 Å². The maximum Gasteiger partial charge on any atom is 0.329 e. The molecule has 2 N–H and O–H groups in total. The van der Waals surface area contributed by atoms with E-state index in [0.29, 0.717) is 10.7 Å². The fourth-order valence-electron chi connectivity index (χ4n) is 3.14. The van der Waals surface area contributed by atoms with E-state index in [4.69, 9.17) is 11.6 Å². The molecule has 0 aromatic heterocycles. The van der Waals surface area contributed by atoms with Gasteiger partial charge in [-0.1, -0.05) is 72.3 Å². The van der Waals surface area contributed by atoms with Crippen molar-refractivity contribution in [3.63, 3.8) is 0 Å². The van der Waals surface area contributed by atoms with E-state index in [0.717, 1.165) is 27.1 Å². The summed E-state index contributed by atoms with van der Waals surface area (Å²) in [5, 5.41) is 11.0. The van der Waals surface area contributed by atoms with Crippen LogP contribution in [0.15, 0.2) is 84.0 Å². The van der Waals surface area contributed by atoms with Crippen molar-refractivity contribution in [2.75, 3.05) is 5.32 Å². The standard InChI is InChI=1S/C23H16ClN3O2/c24-20-11-5-6-12-21(20)26-22(28)23(29)27-25-14-19-17-9-3-1-7-15(17)13-16-8-2-4-10-18(16)19/h1-14H,(H,26,28)(H,27,29)/b25-14+. The number of amides is 2. The number of carbonyl (C=O) groups excluding carboxylic acids is 2. The van der Waals surface area contributed by atoms with Gasteiger partial charge in [0.05, 0.1) is 16.9 Å². The van der Waals surface area contributed by atoms with Crippen molar-refractivity contribution < 1.29 is 9.59 Å². The van der Waals surface area contributed by atoms with Crippen LogP contribution in [0, 0.1) is 0 Å². The van der Waals surface area contributed by atoms with Gasteiger partial charge in [0.2, 0.25) is 0 Å². The van der Waals surface area contributed by atoms with Gasteiger partial charge in [-0.05, 0) is 39.7 Å². The van der Waals surface area contributed by atoms with E-state index in [1.54, 1.807) is 30.5 Å². The monoisotopic (exact) mass is 401 g/mol. The summed E-state index contributed by atoms with van der Waals surface area (Å²) >= 11 is 5.99. The Bertz CT molecular complexity index is 1210. The Balaban J connectivity index is 1.57. The summed E-state index contributed by atoms with van der Waals surface area (Å²) < 4.78 is 0. The van der Waals surface area contributed by atoms with Crippen molar-refractivity contribution in [3.8, 4) is 0 Å². The number of nitrogens with zero attached hydrogens (tertiary/aromatic N) is 1. The van der Waals surface area contributed by atoms with E-state index in [9.17, 15) is 9.59 Å². The number of rotatable bonds is 3. The summed E-state index contributed by atoms with van der Waals surface area (Å²) in [6, 6.07) is 24.7. The first-order valence-electron chi connectivity index (χ1n) is 8.93. The molecule has 0 unspecified atom stereocenters. The Morgan fingerprint density at radius 1 is 0.793 bits per heavy atom. The number of benzene rings is 4. The van der Waals surface area contributed by atoms with Crippen LogP contribution >= 0.6 is 11.6 Å². The molecule has 0 aliphatic rings. The highest BCUT2D eigenvalue weighted by molar-refractivity contribution is 6.41. The predicted molar refractivity (Wildman–Crippen MR) is 117 cm³/mol. The van der Waals surface area contributed by atoms with Gasteiger partial charge >= 0.3 is 11.8 Å². The Morgan fingerprint density at radius 3 is 2.03 bits per heavy atom. The lowest BCUT2D eigenvalue weighted by atomic mass is 9.97. The number of para-hydroxylation sites is 1. The van der Waals surface area contributed by atoms with E-state index in [-0.39, 0.29) is 0 Å². The van der Waals surface area contributed by atoms with Gasteiger partial charge in [-0.25, -0.2) is 5.43 Å². The third-order valence-corrected chi connectivity index (χ3v) is 4.83. The van der Waals surface area contributed by atoms with Gasteiger partial charge < -0.3 is 5.32 Å². The number of hydrogen-bond acceptors (Lipinski definition) is 3. The first kappa shape index (κ1) is 18.7. The van der Waals surface area contributed by atoms with Crippen molar-refractivity contribution in [2.45, 2.75) is 0 Å². The van der Waals surface area contributed by atoms with Gasteiger partial charge in [0, 0.05) is 5.56 Å². The molecule has 4 aromatic rings. The van der Waals surface area contributed by atoms with Crippen molar-refractivity contribution in [2.24, 2.45) is 5.10 Å². The van der Waals surface area contributed by atoms with Crippen molar-refractivity contribution in [1.82, 2.24) is 5.43 Å². The smallest absolute Gasteiger partial charge is 0.316 e. The van der Waals surface area contributed by atoms with Crippen LogP contribution in [0.25, 0.3) is 21.5 Å². The van der Waals surface area contributed by atoms with Crippen LogP contribution in [0.5, 0.6) is 0 Å². The predicted octanol–water partition coefficient (Wildman–Crippen LogP) is 4.74. The molecule has 0 bridgehead atoms. The zero-order valence-corrected chi connectivity index (χ0v) is 16.0. The summed E-state index contributed by atoms with van der Waals surface area (Å²) in [6.45, 7) is 0. The van der Waals surface area contributed by atoms with Crippen LogP contribution in [0.2, 0.25) is 5.02 Å². The largest absolute Gasteiger partial charge is 0.329 e. The third kappa shape index (κ3) is 3.95. The summed E-state index contributed by atoms with van der Waals surface area (Å²) in [5.74, 6) is -1.73. The fourth-order valence-corrected chi connectivity index (χ4v) is 3.32. The van der Waals surface area contributed by atoms with Crippen LogP contribution < -0.4 is 10.7 Å². The molecule has 0 heterocycles. The molecule has 0 saturated heterocycles. The second kappa shape index (κ2) is 8.12. The lowest BCUT2D eigenvalue weighted by molar-refractivity contribution is -0.136. The molecule has 0 atom stereocenters. The molecule has 0 saturated carbocycles. The van der Waals surface area contributed by atoms with Crippen LogP contribution in [0.4, 0.5) is 5.69 Å². The maximum absolute atomic E-state index is 12.1. The summed E-state index contributed by atoms with van der Waals surface area (Å²) in [7, 11) is 0. The molecule has 4 aromatic carbocycles. The van der Waals surface area contributed by atoms with E-state index in [1.807, 2.05) is 48.5 Å². The van der Waals surface area contributed by atoms with Gasteiger partial charge in [0.15, 0.2) is 0 Å². The van der Waals surface area contributed by atoms with Gasteiger partial charge in [-0.2, -0.15) is 5.10 Å². The lowest BCUT2D eigenvalue weighted by Gasteiger charge is -2.08. The first-order valence-corrected chi connectivity index (χ1v) is 9.31. The minimum absolute atomic E-state index is 0.347. The second-order valence-corrected chi connectivity index (χ2v) is 6.77. The summed E-state index contributed by atoms with van der Waals surface area (Å²) in [5.41, 5.74) is 3.50. The summed E-state index contributed by atoms with van der Waals surface area (Å²) in [6.07, 6.45) is 1.56. The molecule has 0 radical (unpaired) electrons. The van der Waals surface area contributed by atoms with Crippen molar-refractivity contribution in [1.29, 1.82) is 0 Å². The van der Waals surface area contributed by atoms with Crippen molar-refractivity contribution >= 4 is 56.9 Å². The Hall–Kier alpha value is -3.70. The SMILES string of the molecule is O=C(N/N=C/c1c2ccccc2cc2ccccc12)C(=O)Nc1ccccc1Cl. The average Bonchev–Trinajstić information content (AvgIpc) is 2.74. The highest BCUT2D eigenvalue weighted by Crippen LogP contribution is 2.27. The molecule has 142 valence electrons. The van der Waals surface area contributed by atoms with Crippen LogP contribution in [0.1, 0.15) is 5.56 Å². The van der Waals surface area contributed by atoms with Crippen LogP contribution in [-0.2, 0) is 9.59 Å². The number of hydrogen-bond donors (Lipinski definition) is 2.